The van der Waals surface area contributed by atoms with E-state index in [4.69, 9.17) is 16.0 Å². The number of carbonyl (C=O) groups excluding carboxylic acids is 1. The molecule has 0 fully saturated rings. The molecule has 0 unspecified atom stereocenters. The maximum atomic E-state index is 12.2. The molecule has 0 atom stereocenters. The zero-order valence-electron chi connectivity index (χ0n) is 8.92. The summed E-state index contributed by atoms with van der Waals surface area (Å²) in [5.74, 6) is -1.15. The van der Waals surface area contributed by atoms with Gasteiger partial charge in [0.25, 0.3) is 5.91 Å². The number of nitrogens with zero attached hydrogens (tertiary/aromatic N) is 2. The van der Waals surface area contributed by atoms with Crippen LogP contribution in [0.25, 0.3) is 0 Å². The molecule has 0 aromatic carbocycles. The first-order valence-corrected chi connectivity index (χ1v) is 5.20. The highest BCUT2D eigenvalue weighted by Gasteiger charge is 2.34. The van der Waals surface area contributed by atoms with Crippen LogP contribution in [-0.4, -0.2) is 40.9 Å². The number of oxazole rings is 1. The van der Waals surface area contributed by atoms with Crippen molar-refractivity contribution in [2.75, 3.05) is 19.0 Å². The van der Waals surface area contributed by atoms with Gasteiger partial charge in [0.1, 0.15) is 6.54 Å². The molecular weight excluding hydrogens is 261 g/mol. The first-order valence-electron chi connectivity index (χ1n) is 4.67. The Hall–Kier alpha value is -1.24. The number of aryl methyl sites for hydroxylation is 1. The van der Waals surface area contributed by atoms with Crippen molar-refractivity contribution in [2.45, 2.75) is 13.1 Å². The van der Waals surface area contributed by atoms with E-state index in [2.05, 4.69) is 4.98 Å². The molecule has 4 nitrogen and oxygen atoms in total. The molecular formula is C9H10ClF3N2O2. The molecule has 0 N–H and O–H groups in total. The van der Waals surface area contributed by atoms with E-state index in [0.29, 0.717) is 4.90 Å². The fraction of sp³-hybridized carbons (Fsp3) is 0.556. The van der Waals surface area contributed by atoms with Crippen molar-refractivity contribution in [1.82, 2.24) is 9.88 Å². The van der Waals surface area contributed by atoms with E-state index >= 15 is 0 Å². The van der Waals surface area contributed by atoms with E-state index in [1.165, 1.54) is 6.92 Å². The number of alkyl halides is 4. The molecule has 0 saturated heterocycles. The molecule has 1 rings (SSSR count). The van der Waals surface area contributed by atoms with Crippen LogP contribution < -0.4 is 0 Å². The highest BCUT2D eigenvalue weighted by Crippen LogP contribution is 2.19. The van der Waals surface area contributed by atoms with Crippen molar-refractivity contribution in [3.8, 4) is 0 Å². The number of hydrogen-bond donors (Lipinski definition) is 0. The van der Waals surface area contributed by atoms with E-state index < -0.39 is 18.6 Å². The Morgan fingerprint density at radius 3 is 2.65 bits per heavy atom. The van der Waals surface area contributed by atoms with Crippen molar-refractivity contribution in [3.63, 3.8) is 0 Å². The van der Waals surface area contributed by atoms with Crippen LogP contribution in [0.5, 0.6) is 0 Å². The van der Waals surface area contributed by atoms with Gasteiger partial charge in [0.05, 0.1) is 5.69 Å². The van der Waals surface area contributed by atoms with Crippen LogP contribution in [0.2, 0.25) is 0 Å². The molecule has 0 aliphatic heterocycles. The molecule has 1 aromatic heterocycles. The minimum absolute atomic E-state index is 0.0883. The van der Waals surface area contributed by atoms with E-state index in [1.54, 1.807) is 0 Å². The van der Waals surface area contributed by atoms with Crippen LogP contribution in [0, 0.1) is 6.92 Å². The second-order valence-corrected chi connectivity index (χ2v) is 3.68. The first kappa shape index (κ1) is 13.8. The number of rotatable bonds is 4. The van der Waals surface area contributed by atoms with E-state index in [1.807, 2.05) is 0 Å². The zero-order chi connectivity index (χ0) is 13.1. The molecule has 0 aliphatic rings. The largest absolute Gasteiger partial charge is 0.438 e. The SMILES string of the molecule is Cc1ncoc1C(=O)N(CCCl)CC(F)(F)F. The Bertz CT molecular complexity index is 392. The topological polar surface area (TPSA) is 46.3 Å². The second kappa shape index (κ2) is 5.39. The highest BCUT2D eigenvalue weighted by atomic mass is 35.5. The Morgan fingerprint density at radius 1 is 1.59 bits per heavy atom. The van der Waals surface area contributed by atoms with Gasteiger partial charge in [0, 0.05) is 12.4 Å². The van der Waals surface area contributed by atoms with Crippen LogP contribution in [-0.2, 0) is 0 Å². The molecule has 1 amide bonds. The van der Waals surface area contributed by atoms with Gasteiger partial charge in [-0.2, -0.15) is 13.2 Å². The normalized spacial score (nSPS) is 11.6. The van der Waals surface area contributed by atoms with Gasteiger partial charge in [-0.3, -0.25) is 4.79 Å². The van der Waals surface area contributed by atoms with Crippen molar-refractivity contribution >= 4 is 17.5 Å². The Kier molecular flexibility index (Phi) is 4.39. The van der Waals surface area contributed by atoms with E-state index in [0.717, 1.165) is 6.39 Å². The number of carbonyl (C=O) groups is 1. The number of halogens is 4. The van der Waals surface area contributed by atoms with Crippen LogP contribution in [0.4, 0.5) is 13.2 Å². The van der Waals surface area contributed by atoms with Crippen LogP contribution in [0.3, 0.4) is 0 Å². The molecule has 17 heavy (non-hydrogen) atoms. The molecule has 0 bridgehead atoms. The van der Waals surface area contributed by atoms with E-state index in [9.17, 15) is 18.0 Å². The molecule has 96 valence electrons. The van der Waals surface area contributed by atoms with Crippen LogP contribution in [0.1, 0.15) is 16.2 Å². The lowest BCUT2D eigenvalue weighted by atomic mass is 10.3. The van der Waals surface area contributed by atoms with Gasteiger partial charge in [-0.25, -0.2) is 4.98 Å². The molecule has 0 spiro atoms. The van der Waals surface area contributed by atoms with Gasteiger partial charge in [-0.1, -0.05) is 0 Å². The number of hydrogen-bond acceptors (Lipinski definition) is 3. The Morgan fingerprint density at radius 2 is 2.24 bits per heavy atom. The van der Waals surface area contributed by atoms with Gasteiger partial charge in [-0.15, -0.1) is 11.6 Å². The zero-order valence-corrected chi connectivity index (χ0v) is 9.68. The standard InChI is InChI=1S/C9H10ClF3N2O2/c1-6-7(17-5-14-6)8(16)15(3-2-10)4-9(11,12)13/h5H,2-4H2,1H3. The third-order valence-electron chi connectivity index (χ3n) is 1.95. The smallest absolute Gasteiger partial charge is 0.406 e. The Labute approximate surface area is 100 Å². The van der Waals surface area contributed by atoms with Gasteiger partial charge < -0.3 is 9.32 Å². The van der Waals surface area contributed by atoms with Crippen molar-refractivity contribution < 1.29 is 22.4 Å². The summed E-state index contributed by atoms with van der Waals surface area (Å²) in [6, 6.07) is 0. The summed E-state index contributed by atoms with van der Waals surface area (Å²) in [5, 5.41) is 0. The molecule has 0 radical (unpaired) electrons. The predicted molar refractivity (Wildman–Crippen MR) is 53.9 cm³/mol. The lowest BCUT2D eigenvalue weighted by Crippen LogP contribution is -2.40. The third kappa shape index (κ3) is 3.92. The maximum absolute atomic E-state index is 12.2. The van der Waals surface area contributed by atoms with Crippen molar-refractivity contribution in [2.24, 2.45) is 0 Å². The predicted octanol–water partition coefficient (Wildman–Crippen LogP) is 2.23. The fourth-order valence-corrected chi connectivity index (χ4v) is 1.43. The van der Waals surface area contributed by atoms with Gasteiger partial charge in [-0.05, 0) is 6.92 Å². The lowest BCUT2D eigenvalue weighted by Gasteiger charge is -2.21. The Balaban J connectivity index is 2.84. The molecule has 1 aromatic rings. The average molecular weight is 271 g/mol. The summed E-state index contributed by atoms with van der Waals surface area (Å²) in [4.78, 5) is 16.0. The summed E-state index contributed by atoms with van der Waals surface area (Å²) in [6.45, 7) is -0.0953. The third-order valence-corrected chi connectivity index (χ3v) is 2.12. The summed E-state index contributed by atoms with van der Waals surface area (Å²) in [6.07, 6.45) is -3.47. The molecule has 0 saturated carbocycles. The van der Waals surface area contributed by atoms with Crippen LogP contribution >= 0.6 is 11.6 Å². The quantitative estimate of drug-likeness (QED) is 0.788. The van der Waals surface area contributed by atoms with E-state index in [-0.39, 0.29) is 23.9 Å². The lowest BCUT2D eigenvalue weighted by molar-refractivity contribution is -0.140. The molecule has 1 heterocycles. The van der Waals surface area contributed by atoms with Crippen molar-refractivity contribution in [3.05, 3.63) is 17.8 Å². The summed E-state index contributed by atoms with van der Waals surface area (Å²) in [7, 11) is 0. The minimum Gasteiger partial charge on any atom is -0.438 e. The van der Waals surface area contributed by atoms with Crippen molar-refractivity contribution in [1.29, 1.82) is 0 Å². The number of amides is 1. The maximum Gasteiger partial charge on any atom is 0.406 e. The second-order valence-electron chi connectivity index (χ2n) is 3.30. The van der Waals surface area contributed by atoms with Crippen LogP contribution in [0.15, 0.2) is 10.8 Å². The van der Waals surface area contributed by atoms with Gasteiger partial charge >= 0.3 is 6.18 Å². The highest BCUT2D eigenvalue weighted by molar-refractivity contribution is 6.18. The average Bonchev–Trinajstić information content (AvgIpc) is 2.61. The van der Waals surface area contributed by atoms with Gasteiger partial charge in [0.2, 0.25) is 5.76 Å². The monoisotopic (exact) mass is 270 g/mol. The molecule has 0 aliphatic carbocycles. The fourth-order valence-electron chi connectivity index (χ4n) is 1.22. The summed E-state index contributed by atoms with van der Waals surface area (Å²) < 4.78 is 41.5. The molecule has 8 heteroatoms. The summed E-state index contributed by atoms with van der Waals surface area (Å²) >= 11 is 5.36. The first-order chi connectivity index (χ1) is 7.85. The minimum atomic E-state index is -4.48. The summed E-state index contributed by atoms with van der Waals surface area (Å²) in [5.41, 5.74) is 0.247. The number of aromatic nitrogens is 1. The van der Waals surface area contributed by atoms with Gasteiger partial charge in [0.15, 0.2) is 6.39 Å².